The summed E-state index contributed by atoms with van der Waals surface area (Å²) in [5.74, 6) is 0.996. The van der Waals surface area contributed by atoms with E-state index in [9.17, 15) is 4.79 Å². The standard InChI is InChI=1S/C12H18N4O/c1-13-8-11-2-3-12(14-9-11)16-6-4-15(10-17)5-7-16/h2-3,9-10,13H,4-8H2,1H3. The summed E-state index contributed by atoms with van der Waals surface area (Å²) in [5, 5.41) is 3.10. The highest BCUT2D eigenvalue weighted by molar-refractivity contribution is 5.49. The van der Waals surface area contributed by atoms with Crippen LogP contribution in [0.3, 0.4) is 0 Å². The minimum atomic E-state index is 0.781. The van der Waals surface area contributed by atoms with Crippen molar-refractivity contribution < 1.29 is 4.79 Å². The molecular formula is C12H18N4O. The fourth-order valence-electron chi connectivity index (χ4n) is 1.97. The number of piperazine rings is 1. The first-order valence-electron chi connectivity index (χ1n) is 5.87. The fraction of sp³-hybridized carbons (Fsp3) is 0.500. The summed E-state index contributed by atoms with van der Waals surface area (Å²) in [6.07, 6.45) is 2.82. The van der Waals surface area contributed by atoms with Crippen molar-refractivity contribution in [2.45, 2.75) is 6.54 Å². The summed E-state index contributed by atoms with van der Waals surface area (Å²) < 4.78 is 0. The van der Waals surface area contributed by atoms with E-state index in [0.29, 0.717) is 0 Å². The van der Waals surface area contributed by atoms with E-state index in [2.05, 4.69) is 21.3 Å². The van der Waals surface area contributed by atoms with Crippen molar-refractivity contribution in [2.24, 2.45) is 0 Å². The highest BCUT2D eigenvalue weighted by Crippen LogP contribution is 2.13. The van der Waals surface area contributed by atoms with Gasteiger partial charge in [0, 0.05) is 38.9 Å². The quantitative estimate of drug-likeness (QED) is 0.750. The Morgan fingerprint density at radius 2 is 2.12 bits per heavy atom. The summed E-state index contributed by atoms with van der Waals surface area (Å²) in [5.41, 5.74) is 1.18. The van der Waals surface area contributed by atoms with Crippen LogP contribution in [0.5, 0.6) is 0 Å². The molecule has 0 radical (unpaired) electrons. The summed E-state index contributed by atoms with van der Waals surface area (Å²) >= 11 is 0. The number of anilines is 1. The number of carbonyl (C=O) groups excluding carboxylic acids is 1. The van der Waals surface area contributed by atoms with Crippen LogP contribution in [0.1, 0.15) is 5.56 Å². The molecule has 0 aromatic carbocycles. The van der Waals surface area contributed by atoms with Crippen molar-refractivity contribution in [3.8, 4) is 0 Å². The number of carbonyl (C=O) groups is 1. The molecule has 0 saturated carbocycles. The van der Waals surface area contributed by atoms with E-state index in [1.807, 2.05) is 19.3 Å². The summed E-state index contributed by atoms with van der Waals surface area (Å²) in [4.78, 5) is 19.1. The Morgan fingerprint density at radius 3 is 2.65 bits per heavy atom. The molecular weight excluding hydrogens is 216 g/mol. The number of hydrogen-bond acceptors (Lipinski definition) is 4. The van der Waals surface area contributed by atoms with Gasteiger partial charge in [0.05, 0.1) is 0 Å². The Labute approximate surface area is 101 Å². The number of rotatable bonds is 4. The van der Waals surface area contributed by atoms with Gasteiger partial charge in [0.25, 0.3) is 0 Å². The molecule has 1 saturated heterocycles. The molecule has 1 aromatic heterocycles. The Morgan fingerprint density at radius 1 is 1.35 bits per heavy atom. The molecule has 0 bridgehead atoms. The first kappa shape index (κ1) is 11.9. The van der Waals surface area contributed by atoms with Gasteiger partial charge in [0.1, 0.15) is 5.82 Å². The third-order valence-corrected chi connectivity index (χ3v) is 2.98. The SMILES string of the molecule is CNCc1ccc(N2CCN(C=O)CC2)nc1. The highest BCUT2D eigenvalue weighted by atomic mass is 16.1. The van der Waals surface area contributed by atoms with E-state index in [4.69, 9.17) is 0 Å². The molecule has 0 unspecified atom stereocenters. The summed E-state index contributed by atoms with van der Waals surface area (Å²) in [6, 6.07) is 4.13. The van der Waals surface area contributed by atoms with Gasteiger partial charge in [-0.2, -0.15) is 0 Å². The first-order valence-corrected chi connectivity index (χ1v) is 5.87. The lowest BCUT2D eigenvalue weighted by Gasteiger charge is -2.33. The third-order valence-electron chi connectivity index (χ3n) is 2.98. The van der Waals surface area contributed by atoms with Crippen LogP contribution in [-0.4, -0.2) is 49.5 Å². The molecule has 1 aliphatic heterocycles. The molecule has 1 amide bonds. The molecule has 2 rings (SSSR count). The zero-order valence-corrected chi connectivity index (χ0v) is 10.1. The number of hydrogen-bond donors (Lipinski definition) is 1. The molecule has 1 fully saturated rings. The number of amides is 1. The van der Waals surface area contributed by atoms with Crippen molar-refractivity contribution in [1.29, 1.82) is 0 Å². The third kappa shape index (κ3) is 2.94. The second kappa shape index (κ2) is 5.63. The smallest absolute Gasteiger partial charge is 0.209 e. The molecule has 1 N–H and O–H groups in total. The maximum atomic E-state index is 10.6. The summed E-state index contributed by atoms with van der Waals surface area (Å²) in [7, 11) is 1.92. The van der Waals surface area contributed by atoms with Gasteiger partial charge in [-0.15, -0.1) is 0 Å². The van der Waals surface area contributed by atoms with Crippen molar-refractivity contribution in [3.05, 3.63) is 23.9 Å². The number of nitrogens with one attached hydrogen (secondary N) is 1. The monoisotopic (exact) mass is 234 g/mol. The Kier molecular flexibility index (Phi) is 3.93. The van der Waals surface area contributed by atoms with Crippen molar-refractivity contribution >= 4 is 12.2 Å². The molecule has 92 valence electrons. The Balaban J connectivity index is 1.96. The van der Waals surface area contributed by atoms with Crippen LogP contribution in [0.4, 0.5) is 5.82 Å². The Bertz CT molecular complexity index is 357. The minimum absolute atomic E-state index is 0.781. The largest absolute Gasteiger partial charge is 0.353 e. The van der Waals surface area contributed by atoms with Gasteiger partial charge in [0.2, 0.25) is 6.41 Å². The van der Waals surface area contributed by atoms with Crippen molar-refractivity contribution in [2.75, 3.05) is 38.1 Å². The van der Waals surface area contributed by atoms with Gasteiger partial charge in [-0.3, -0.25) is 4.79 Å². The topological polar surface area (TPSA) is 48.5 Å². The molecule has 17 heavy (non-hydrogen) atoms. The molecule has 0 atom stereocenters. The zero-order valence-electron chi connectivity index (χ0n) is 10.1. The molecule has 2 heterocycles. The van der Waals surface area contributed by atoms with Crippen LogP contribution >= 0.6 is 0 Å². The molecule has 1 aliphatic rings. The van der Waals surface area contributed by atoms with Crippen LogP contribution in [0.2, 0.25) is 0 Å². The fourth-order valence-corrected chi connectivity index (χ4v) is 1.97. The number of aromatic nitrogens is 1. The van der Waals surface area contributed by atoms with E-state index >= 15 is 0 Å². The Hall–Kier alpha value is -1.62. The lowest BCUT2D eigenvalue weighted by molar-refractivity contribution is -0.118. The van der Waals surface area contributed by atoms with Crippen molar-refractivity contribution in [1.82, 2.24) is 15.2 Å². The van der Waals surface area contributed by atoms with Gasteiger partial charge in [0.15, 0.2) is 0 Å². The maximum Gasteiger partial charge on any atom is 0.209 e. The molecule has 0 spiro atoms. The predicted octanol–water partition coefficient (Wildman–Crippen LogP) is 0.0794. The number of pyridine rings is 1. The van der Waals surface area contributed by atoms with Crippen LogP contribution in [0.15, 0.2) is 18.3 Å². The molecule has 0 aliphatic carbocycles. The summed E-state index contributed by atoms with van der Waals surface area (Å²) in [6.45, 7) is 4.12. The van der Waals surface area contributed by atoms with E-state index in [1.54, 1.807) is 4.90 Å². The van der Waals surface area contributed by atoms with Gasteiger partial charge < -0.3 is 15.1 Å². The predicted molar refractivity (Wildman–Crippen MR) is 66.9 cm³/mol. The van der Waals surface area contributed by atoms with Crippen LogP contribution < -0.4 is 10.2 Å². The average Bonchev–Trinajstić information content (AvgIpc) is 2.40. The van der Waals surface area contributed by atoms with Gasteiger partial charge >= 0.3 is 0 Å². The van der Waals surface area contributed by atoms with E-state index in [1.165, 1.54) is 5.56 Å². The number of nitrogens with zero attached hydrogens (tertiary/aromatic N) is 3. The minimum Gasteiger partial charge on any atom is -0.353 e. The van der Waals surface area contributed by atoms with E-state index in [-0.39, 0.29) is 0 Å². The lowest BCUT2D eigenvalue weighted by atomic mass is 10.2. The second-order valence-corrected chi connectivity index (χ2v) is 4.18. The van der Waals surface area contributed by atoms with Gasteiger partial charge in [-0.05, 0) is 18.7 Å². The highest BCUT2D eigenvalue weighted by Gasteiger charge is 2.16. The maximum absolute atomic E-state index is 10.6. The molecule has 1 aromatic rings. The van der Waals surface area contributed by atoms with E-state index in [0.717, 1.165) is 45.0 Å². The van der Waals surface area contributed by atoms with Crippen LogP contribution in [-0.2, 0) is 11.3 Å². The van der Waals surface area contributed by atoms with Gasteiger partial charge in [-0.25, -0.2) is 4.98 Å². The van der Waals surface area contributed by atoms with Crippen LogP contribution in [0, 0.1) is 0 Å². The molecule has 5 nitrogen and oxygen atoms in total. The normalized spacial score (nSPS) is 16.1. The average molecular weight is 234 g/mol. The lowest BCUT2D eigenvalue weighted by Crippen LogP contribution is -2.46. The molecule has 5 heteroatoms. The first-order chi connectivity index (χ1) is 8.33. The van der Waals surface area contributed by atoms with Crippen LogP contribution in [0.25, 0.3) is 0 Å². The van der Waals surface area contributed by atoms with Crippen molar-refractivity contribution in [3.63, 3.8) is 0 Å². The van der Waals surface area contributed by atoms with Gasteiger partial charge in [-0.1, -0.05) is 6.07 Å². The second-order valence-electron chi connectivity index (χ2n) is 4.18. The van der Waals surface area contributed by atoms with E-state index < -0.39 is 0 Å². The zero-order chi connectivity index (χ0) is 12.1.